The molecule has 3 aliphatic heterocycles. The van der Waals surface area contributed by atoms with Gasteiger partial charge in [0, 0.05) is 39.8 Å². The number of carbonyl (C=O) groups excluding carboxylic acids is 1. The van der Waals surface area contributed by atoms with E-state index in [0.717, 1.165) is 33.4 Å². The summed E-state index contributed by atoms with van der Waals surface area (Å²) in [6.45, 7) is 3.58. The number of carbonyl (C=O) groups is 1. The minimum Gasteiger partial charge on any atom is -0.496 e. The molecule has 1 fully saturated rings. The Morgan fingerprint density at radius 3 is 1.64 bits per heavy atom. The Morgan fingerprint density at radius 1 is 0.718 bits per heavy atom. The third-order valence-corrected chi connectivity index (χ3v) is 8.83. The number of aliphatic hydroxyl groups is 1. The van der Waals surface area contributed by atoms with Crippen molar-refractivity contribution in [3.05, 3.63) is 33.4 Å². The zero-order chi connectivity index (χ0) is 28.3. The predicted molar refractivity (Wildman–Crippen MR) is 144 cm³/mol. The van der Waals surface area contributed by atoms with Crippen molar-refractivity contribution in [3.63, 3.8) is 0 Å². The largest absolute Gasteiger partial charge is 0.496 e. The van der Waals surface area contributed by atoms with E-state index in [1.807, 2.05) is 25.8 Å². The van der Waals surface area contributed by atoms with Gasteiger partial charge in [0.1, 0.15) is 11.5 Å². The van der Waals surface area contributed by atoms with Gasteiger partial charge in [-0.25, -0.2) is 0 Å². The topological polar surface area (TPSA) is 99.2 Å². The van der Waals surface area contributed by atoms with Crippen LogP contribution in [0.25, 0.3) is 0 Å². The van der Waals surface area contributed by atoms with Crippen molar-refractivity contribution >= 4 is 5.91 Å². The first-order chi connectivity index (χ1) is 18.7. The molecular formula is C29H38N2O8. The highest BCUT2D eigenvalue weighted by molar-refractivity contribution is 5.87. The fraction of sp³-hybridized carbons (Fsp3) is 0.552. The summed E-state index contributed by atoms with van der Waals surface area (Å²) in [6, 6.07) is -1.68. The van der Waals surface area contributed by atoms with E-state index in [2.05, 4.69) is 4.90 Å². The third kappa shape index (κ3) is 3.50. The van der Waals surface area contributed by atoms with Crippen molar-refractivity contribution < 1.29 is 38.3 Å². The van der Waals surface area contributed by atoms with E-state index in [0.29, 0.717) is 47.3 Å². The number of methoxy groups -OCH3 is 6. The quantitative estimate of drug-likeness (QED) is 0.566. The summed E-state index contributed by atoms with van der Waals surface area (Å²) in [4.78, 5) is 18.3. The van der Waals surface area contributed by atoms with Gasteiger partial charge in [-0.3, -0.25) is 9.69 Å². The second-order valence-corrected chi connectivity index (χ2v) is 10.3. The first-order valence-electron chi connectivity index (χ1n) is 13.0. The Labute approximate surface area is 229 Å². The Balaban J connectivity index is 1.83. The van der Waals surface area contributed by atoms with Gasteiger partial charge in [0.15, 0.2) is 23.0 Å². The number of amides is 1. The minimum atomic E-state index is -0.648. The number of fused-ring (bicyclic) bond motifs is 7. The number of benzene rings is 2. The van der Waals surface area contributed by atoms with Gasteiger partial charge in [-0.15, -0.1) is 0 Å². The third-order valence-electron chi connectivity index (χ3n) is 8.83. The maximum Gasteiger partial charge on any atom is 0.241 e. The van der Waals surface area contributed by atoms with Crippen molar-refractivity contribution in [2.45, 2.75) is 50.9 Å². The van der Waals surface area contributed by atoms with Crippen LogP contribution in [0.5, 0.6) is 34.5 Å². The zero-order valence-electron chi connectivity index (χ0n) is 24.1. The summed E-state index contributed by atoms with van der Waals surface area (Å²) in [6.07, 6.45) is 0.919. The first kappa shape index (κ1) is 27.2. The smallest absolute Gasteiger partial charge is 0.241 e. The summed E-state index contributed by atoms with van der Waals surface area (Å²) in [7, 11) is 11.7. The lowest BCUT2D eigenvalue weighted by molar-refractivity contribution is -0.158. The van der Waals surface area contributed by atoms with E-state index < -0.39 is 12.1 Å². The second kappa shape index (κ2) is 9.98. The number of rotatable bonds is 7. The van der Waals surface area contributed by atoms with Gasteiger partial charge in [0.05, 0.1) is 73.4 Å². The van der Waals surface area contributed by atoms with Crippen LogP contribution >= 0.6 is 0 Å². The number of hydrogen-bond donors (Lipinski definition) is 1. The molecule has 3 heterocycles. The number of likely N-dealkylation sites (N-methyl/N-ethyl adjacent to an activating group) is 1. The lowest BCUT2D eigenvalue weighted by Crippen LogP contribution is -2.67. The Kier molecular flexibility index (Phi) is 6.97. The molecule has 10 heteroatoms. The van der Waals surface area contributed by atoms with E-state index in [4.69, 9.17) is 28.4 Å². The van der Waals surface area contributed by atoms with E-state index in [1.165, 1.54) is 0 Å². The SMILES string of the molecule is COc1c(C)c(OC)c(OC)c2c1CC1C(=O)N3[C@@H](CO)c4c(c(OC)c(C)c(OC)c4OC)C[C@H]3C2N1C. The molecule has 2 unspecified atom stereocenters. The Morgan fingerprint density at radius 2 is 1.18 bits per heavy atom. The number of aliphatic hydroxyl groups excluding tert-OH is 1. The molecule has 0 spiro atoms. The molecular weight excluding hydrogens is 504 g/mol. The van der Waals surface area contributed by atoms with Gasteiger partial charge < -0.3 is 38.4 Å². The minimum absolute atomic E-state index is 0.0517. The van der Waals surface area contributed by atoms with Gasteiger partial charge in [-0.1, -0.05) is 0 Å². The van der Waals surface area contributed by atoms with Crippen LogP contribution in [0.1, 0.15) is 45.5 Å². The standard InChI is InChI=1S/C29H38N2O8/c1-13-23(34-4)15-10-17-22-21-16(24(35-5)14(2)26(37-7)28(21)39-9)11-18(30(22)3)29(33)31(17)19(12-32)20(15)27(38-8)25(13)36-6/h17-19,22,32H,10-12H2,1-9H3/t17-,18?,19-,22?/m0/s1. The summed E-state index contributed by atoms with van der Waals surface area (Å²) in [5, 5.41) is 10.8. The van der Waals surface area contributed by atoms with Crippen molar-refractivity contribution in [1.82, 2.24) is 9.80 Å². The fourth-order valence-corrected chi connectivity index (χ4v) is 7.35. The molecule has 5 rings (SSSR count). The zero-order valence-corrected chi connectivity index (χ0v) is 24.1. The van der Waals surface area contributed by atoms with Crippen molar-refractivity contribution in [3.8, 4) is 34.5 Å². The molecule has 1 amide bonds. The van der Waals surface area contributed by atoms with Crippen LogP contribution in [-0.4, -0.2) is 89.2 Å². The molecule has 0 aromatic heterocycles. The number of hydrogen-bond acceptors (Lipinski definition) is 9. The van der Waals surface area contributed by atoms with Crippen LogP contribution in [-0.2, 0) is 17.6 Å². The average molecular weight is 543 g/mol. The van der Waals surface area contributed by atoms with Gasteiger partial charge in [0.25, 0.3) is 0 Å². The van der Waals surface area contributed by atoms with Crippen LogP contribution in [0.4, 0.5) is 0 Å². The Bertz CT molecular complexity index is 1330. The van der Waals surface area contributed by atoms with E-state index in [1.54, 1.807) is 42.7 Å². The molecule has 1 N–H and O–H groups in total. The maximum atomic E-state index is 14.3. The molecule has 0 aliphatic carbocycles. The molecule has 0 radical (unpaired) electrons. The molecule has 1 saturated heterocycles. The maximum absolute atomic E-state index is 14.3. The van der Waals surface area contributed by atoms with Crippen LogP contribution in [0.3, 0.4) is 0 Å². The molecule has 4 atom stereocenters. The summed E-state index contributed by atoms with van der Waals surface area (Å²) < 4.78 is 35.2. The van der Waals surface area contributed by atoms with Gasteiger partial charge >= 0.3 is 0 Å². The molecule has 2 bridgehead atoms. The number of piperazine rings is 1. The Hall–Kier alpha value is -3.37. The summed E-state index contributed by atoms with van der Waals surface area (Å²) in [5.74, 6) is 3.61. The summed E-state index contributed by atoms with van der Waals surface area (Å²) >= 11 is 0. The molecule has 212 valence electrons. The summed E-state index contributed by atoms with van der Waals surface area (Å²) in [5.41, 5.74) is 5.14. The lowest BCUT2D eigenvalue weighted by Gasteiger charge is -2.57. The van der Waals surface area contributed by atoms with Crippen LogP contribution in [0.15, 0.2) is 0 Å². The molecule has 0 saturated carbocycles. The highest BCUT2D eigenvalue weighted by Crippen LogP contribution is 2.58. The van der Waals surface area contributed by atoms with E-state index in [9.17, 15) is 9.90 Å². The monoisotopic (exact) mass is 542 g/mol. The normalized spacial score (nSPS) is 23.4. The molecule has 2 aromatic carbocycles. The van der Waals surface area contributed by atoms with E-state index >= 15 is 0 Å². The van der Waals surface area contributed by atoms with Crippen LogP contribution in [0.2, 0.25) is 0 Å². The van der Waals surface area contributed by atoms with Crippen LogP contribution < -0.4 is 28.4 Å². The van der Waals surface area contributed by atoms with Crippen molar-refractivity contribution in [2.75, 3.05) is 56.3 Å². The van der Waals surface area contributed by atoms with Gasteiger partial charge in [-0.05, 0) is 27.3 Å². The van der Waals surface area contributed by atoms with Crippen molar-refractivity contribution in [1.29, 1.82) is 0 Å². The highest BCUT2D eigenvalue weighted by atomic mass is 16.5. The fourth-order valence-electron chi connectivity index (χ4n) is 7.35. The second-order valence-electron chi connectivity index (χ2n) is 10.3. The average Bonchev–Trinajstić information content (AvgIpc) is 2.93. The van der Waals surface area contributed by atoms with Gasteiger partial charge in [0.2, 0.25) is 5.91 Å². The van der Waals surface area contributed by atoms with E-state index in [-0.39, 0.29) is 24.6 Å². The lowest BCUT2D eigenvalue weighted by atomic mass is 9.73. The number of ether oxygens (including phenoxy) is 6. The molecule has 10 nitrogen and oxygen atoms in total. The molecule has 39 heavy (non-hydrogen) atoms. The van der Waals surface area contributed by atoms with Crippen LogP contribution in [0, 0.1) is 13.8 Å². The van der Waals surface area contributed by atoms with Gasteiger partial charge in [-0.2, -0.15) is 0 Å². The first-order valence-corrected chi connectivity index (χ1v) is 13.0. The highest BCUT2D eigenvalue weighted by Gasteiger charge is 2.56. The number of nitrogens with zero attached hydrogens (tertiary/aromatic N) is 2. The molecule has 3 aliphatic rings. The van der Waals surface area contributed by atoms with Crippen molar-refractivity contribution in [2.24, 2.45) is 0 Å². The molecule has 2 aromatic rings. The predicted octanol–water partition coefficient (Wildman–Crippen LogP) is 2.75.